The molecule has 1 aliphatic rings. The second-order valence-electron chi connectivity index (χ2n) is 13.1. The molecule has 0 atom stereocenters. The molecule has 0 saturated heterocycles. The van der Waals surface area contributed by atoms with Gasteiger partial charge in [0.05, 0.1) is 8.07 Å². The van der Waals surface area contributed by atoms with Gasteiger partial charge in [-0.1, -0.05) is 107 Å². The van der Waals surface area contributed by atoms with Crippen molar-refractivity contribution < 1.29 is 20.1 Å². The smallest absolute Gasteiger partial charge is 0.0798 e. The summed E-state index contributed by atoms with van der Waals surface area (Å²) in [5, 5.41) is 1.54. The first-order chi connectivity index (χ1) is 20.7. The van der Waals surface area contributed by atoms with Crippen LogP contribution in [0.25, 0.3) is 33.6 Å². The van der Waals surface area contributed by atoms with E-state index in [1.807, 2.05) is 24.4 Å². The normalized spacial score (nSPS) is 13.1. The summed E-state index contributed by atoms with van der Waals surface area (Å²) in [5.74, 6) is 0.880. The van der Waals surface area contributed by atoms with Crippen LogP contribution >= 0.6 is 0 Å². The van der Waals surface area contributed by atoms with Crippen molar-refractivity contribution in [2.45, 2.75) is 72.5 Å². The Morgan fingerprint density at radius 1 is 0.773 bits per heavy atom. The molecule has 0 aliphatic heterocycles. The molecule has 229 valence electrons. The molecule has 1 fully saturated rings. The Morgan fingerprint density at radius 3 is 2.11 bits per heavy atom. The molecule has 0 amide bonds. The van der Waals surface area contributed by atoms with Crippen molar-refractivity contribution in [1.29, 1.82) is 0 Å². The van der Waals surface area contributed by atoms with Gasteiger partial charge in [-0.05, 0) is 52.5 Å². The minimum absolute atomic E-state index is 0. The molecule has 1 radical (unpaired) electrons. The SMILES string of the molecule is C[Si](C)(C)c1cnc(-c2[c-]cccc2)cc1CC1CCCC1.Cc1[c-]c(-c2cc(-c3ccccc3)c(C)cn2)cc(C)c1.[Ir]. The summed E-state index contributed by atoms with van der Waals surface area (Å²) >= 11 is 0. The molecule has 5 aromatic rings. The topological polar surface area (TPSA) is 25.8 Å². The van der Waals surface area contributed by atoms with Gasteiger partial charge in [0, 0.05) is 32.5 Å². The fourth-order valence-corrected chi connectivity index (χ4v) is 7.79. The van der Waals surface area contributed by atoms with E-state index in [4.69, 9.17) is 4.98 Å². The summed E-state index contributed by atoms with van der Waals surface area (Å²) in [6, 6.07) is 34.1. The number of hydrogen-bond donors (Lipinski definition) is 0. The van der Waals surface area contributed by atoms with Crippen LogP contribution in [0.1, 0.15) is 47.9 Å². The molecular weight excluding hydrogens is 729 g/mol. The molecule has 0 bridgehead atoms. The number of aromatic nitrogens is 2. The molecule has 0 spiro atoms. The Kier molecular flexibility index (Phi) is 11.7. The fourth-order valence-electron chi connectivity index (χ4n) is 6.20. The van der Waals surface area contributed by atoms with Crippen molar-refractivity contribution in [3.05, 3.63) is 126 Å². The summed E-state index contributed by atoms with van der Waals surface area (Å²) in [4.78, 5) is 9.34. The largest absolute Gasteiger partial charge is 0.305 e. The van der Waals surface area contributed by atoms with Gasteiger partial charge in [0.2, 0.25) is 0 Å². The van der Waals surface area contributed by atoms with Gasteiger partial charge in [0.15, 0.2) is 0 Å². The van der Waals surface area contributed by atoms with E-state index in [1.54, 1.807) is 10.8 Å². The van der Waals surface area contributed by atoms with Crippen LogP contribution in [0.5, 0.6) is 0 Å². The van der Waals surface area contributed by atoms with Gasteiger partial charge in [0.1, 0.15) is 0 Å². The van der Waals surface area contributed by atoms with E-state index < -0.39 is 8.07 Å². The van der Waals surface area contributed by atoms with E-state index in [9.17, 15) is 0 Å². The maximum Gasteiger partial charge on any atom is 0.0798 e. The van der Waals surface area contributed by atoms with Crippen LogP contribution in [0.2, 0.25) is 19.6 Å². The molecule has 4 heteroatoms. The summed E-state index contributed by atoms with van der Waals surface area (Å²) < 4.78 is 0. The molecule has 2 heterocycles. The van der Waals surface area contributed by atoms with Crippen LogP contribution in [0.15, 0.2) is 91.3 Å². The third-order valence-electron chi connectivity index (χ3n) is 8.38. The predicted octanol–water partition coefficient (Wildman–Crippen LogP) is 9.97. The van der Waals surface area contributed by atoms with Gasteiger partial charge in [-0.2, -0.15) is 0 Å². The number of aryl methyl sites for hydroxylation is 3. The van der Waals surface area contributed by atoms with Crippen LogP contribution in [-0.2, 0) is 26.5 Å². The standard InChI is InChI=1S/C20H26NSi.C20H18N.Ir/c1-22(2,3)20-15-21-19(17-11-5-4-6-12-17)14-18(20)13-16-9-7-8-10-16;1-14-9-15(2)11-18(10-14)20-12-19(16(3)13-21-20)17-7-5-4-6-8-17;/h4-6,11,14-16H,7-10,13H2,1-3H3;4-10,12-13H,1-3H3;/q2*-1;. The first kappa shape index (κ1) is 33.7. The second kappa shape index (κ2) is 15.2. The summed E-state index contributed by atoms with van der Waals surface area (Å²) in [5.41, 5.74) is 11.8. The zero-order valence-corrected chi connectivity index (χ0v) is 30.4. The fraction of sp³-hybridized carbons (Fsp3) is 0.300. The van der Waals surface area contributed by atoms with Crippen molar-refractivity contribution >= 4 is 13.3 Å². The number of rotatable bonds is 6. The maximum atomic E-state index is 4.75. The Hall–Kier alpha value is -3.17. The van der Waals surface area contributed by atoms with E-state index in [-0.39, 0.29) is 20.1 Å². The Labute approximate surface area is 279 Å². The van der Waals surface area contributed by atoms with Crippen molar-refractivity contribution in [3.8, 4) is 33.6 Å². The van der Waals surface area contributed by atoms with Gasteiger partial charge in [-0.3, -0.25) is 0 Å². The van der Waals surface area contributed by atoms with Crippen LogP contribution in [0.4, 0.5) is 0 Å². The average Bonchev–Trinajstić information content (AvgIpc) is 3.51. The minimum Gasteiger partial charge on any atom is -0.305 e. The summed E-state index contributed by atoms with van der Waals surface area (Å²) in [6.07, 6.45) is 11.0. The van der Waals surface area contributed by atoms with Crippen molar-refractivity contribution in [3.63, 3.8) is 0 Å². The molecule has 0 unspecified atom stereocenters. The average molecular weight is 773 g/mol. The molecule has 2 nitrogen and oxygen atoms in total. The number of nitrogens with zero attached hydrogens (tertiary/aromatic N) is 2. The Morgan fingerprint density at radius 2 is 1.45 bits per heavy atom. The Bertz CT molecular complexity index is 1630. The van der Waals surface area contributed by atoms with Gasteiger partial charge in [-0.15, -0.1) is 70.8 Å². The van der Waals surface area contributed by atoms with E-state index in [0.29, 0.717) is 0 Å². The molecule has 0 N–H and O–H groups in total. The van der Waals surface area contributed by atoms with Crippen LogP contribution in [-0.4, -0.2) is 18.0 Å². The molecule has 1 aliphatic carbocycles. The third-order valence-corrected chi connectivity index (χ3v) is 10.4. The van der Waals surface area contributed by atoms with Crippen LogP contribution < -0.4 is 5.19 Å². The molecular formula is C40H44IrN2Si-2. The number of pyridine rings is 2. The predicted molar refractivity (Wildman–Crippen MR) is 185 cm³/mol. The molecule has 3 aromatic carbocycles. The monoisotopic (exact) mass is 773 g/mol. The van der Waals surface area contributed by atoms with Crippen LogP contribution in [0, 0.1) is 38.8 Å². The van der Waals surface area contributed by atoms with Gasteiger partial charge >= 0.3 is 0 Å². The Balaban J connectivity index is 0.000000197. The van der Waals surface area contributed by atoms with Gasteiger partial charge in [-0.25, -0.2) is 0 Å². The molecule has 1 saturated carbocycles. The van der Waals surface area contributed by atoms with Gasteiger partial charge < -0.3 is 9.97 Å². The second-order valence-corrected chi connectivity index (χ2v) is 18.2. The molecule has 2 aromatic heterocycles. The summed E-state index contributed by atoms with van der Waals surface area (Å²) in [7, 11) is -1.35. The van der Waals surface area contributed by atoms with Gasteiger partial charge in [0.25, 0.3) is 0 Å². The van der Waals surface area contributed by atoms with E-state index in [0.717, 1.165) is 34.0 Å². The first-order valence-corrected chi connectivity index (χ1v) is 19.2. The number of benzene rings is 3. The van der Waals surface area contributed by atoms with Crippen molar-refractivity contribution in [2.24, 2.45) is 5.92 Å². The zero-order chi connectivity index (χ0) is 30.4. The van der Waals surface area contributed by atoms with E-state index in [2.05, 4.69) is 124 Å². The van der Waals surface area contributed by atoms with E-state index in [1.165, 1.54) is 54.4 Å². The van der Waals surface area contributed by atoms with Crippen molar-refractivity contribution in [2.75, 3.05) is 0 Å². The maximum absolute atomic E-state index is 4.75. The third kappa shape index (κ3) is 8.72. The molecule has 6 rings (SSSR count). The summed E-state index contributed by atoms with van der Waals surface area (Å²) in [6.45, 7) is 13.6. The first-order valence-electron chi connectivity index (χ1n) is 15.7. The molecule has 44 heavy (non-hydrogen) atoms. The van der Waals surface area contributed by atoms with E-state index >= 15 is 0 Å². The van der Waals surface area contributed by atoms with Crippen molar-refractivity contribution in [1.82, 2.24) is 9.97 Å². The van der Waals surface area contributed by atoms with Crippen LogP contribution in [0.3, 0.4) is 0 Å². The zero-order valence-electron chi connectivity index (χ0n) is 27.0. The number of hydrogen-bond acceptors (Lipinski definition) is 2. The quantitative estimate of drug-likeness (QED) is 0.127. The minimum atomic E-state index is -1.35.